The predicted molar refractivity (Wildman–Crippen MR) is 79.4 cm³/mol. The highest BCUT2D eigenvalue weighted by atomic mass is 79.9. The fraction of sp³-hybridized carbons (Fsp3) is 0. The molecule has 0 unspecified atom stereocenters. The van der Waals surface area contributed by atoms with Gasteiger partial charge in [-0.1, -0.05) is 23.7 Å². The molecule has 0 aliphatic rings. The van der Waals surface area contributed by atoms with E-state index in [9.17, 15) is 5.11 Å². The van der Waals surface area contributed by atoms with Crippen LogP contribution in [-0.4, -0.2) is 10.1 Å². The Kier molecular flexibility index (Phi) is 4.13. The van der Waals surface area contributed by atoms with E-state index in [1.165, 1.54) is 0 Å². The smallest absolute Gasteiger partial charge is 0.163 e. The van der Waals surface area contributed by atoms with Gasteiger partial charge in [0, 0.05) is 10.6 Å². The molecule has 1 N–H and O–H groups in total. The monoisotopic (exact) mass is 439 g/mol. The SMILES string of the molecule is Oc1c(Br)nc(-c2ccc(Cl)cc2)c(Br)c1Br. The van der Waals surface area contributed by atoms with Crippen molar-refractivity contribution in [3.05, 3.63) is 42.8 Å². The van der Waals surface area contributed by atoms with Crippen LogP contribution >= 0.6 is 59.4 Å². The summed E-state index contributed by atoms with van der Waals surface area (Å²) in [5, 5.41) is 10.4. The van der Waals surface area contributed by atoms with Crippen LogP contribution in [0.1, 0.15) is 0 Å². The van der Waals surface area contributed by atoms with Crippen molar-refractivity contribution in [2.75, 3.05) is 0 Å². The first-order valence-electron chi connectivity index (χ1n) is 4.50. The molecule has 88 valence electrons. The molecule has 0 saturated heterocycles. The van der Waals surface area contributed by atoms with Crippen molar-refractivity contribution in [3.63, 3.8) is 0 Å². The second kappa shape index (κ2) is 5.26. The molecule has 0 fully saturated rings. The zero-order chi connectivity index (χ0) is 12.6. The molecule has 2 aromatic rings. The number of benzene rings is 1. The summed E-state index contributed by atoms with van der Waals surface area (Å²) < 4.78 is 1.64. The fourth-order valence-electron chi connectivity index (χ4n) is 1.30. The fourth-order valence-corrected chi connectivity index (χ4v) is 2.95. The quantitative estimate of drug-likeness (QED) is 0.601. The zero-order valence-electron chi connectivity index (χ0n) is 8.22. The van der Waals surface area contributed by atoms with Crippen LogP contribution in [0.15, 0.2) is 37.8 Å². The summed E-state index contributed by atoms with van der Waals surface area (Å²) >= 11 is 15.7. The van der Waals surface area contributed by atoms with Crippen LogP contribution in [-0.2, 0) is 0 Å². The van der Waals surface area contributed by atoms with Crippen molar-refractivity contribution in [2.45, 2.75) is 0 Å². The summed E-state index contributed by atoms with van der Waals surface area (Å²) in [5.41, 5.74) is 1.63. The Morgan fingerprint density at radius 1 is 1.00 bits per heavy atom. The minimum atomic E-state index is 0.0644. The molecule has 0 atom stereocenters. The first-order chi connectivity index (χ1) is 8.00. The average Bonchev–Trinajstić information content (AvgIpc) is 2.32. The first-order valence-corrected chi connectivity index (χ1v) is 7.26. The lowest BCUT2D eigenvalue weighted by atomic mass is 10.1. The van der Waals surface area contributed by atoms with Gasteiger partial charge in [0.15, 0.2) is 5.75 Å². The molecule has 2 nitrogen and oxygen atoms in total. The maximum absolute atomic E-state index is 9.70. The highest BCUT2D eigenvalue weighted by Gasteiger charge is 2.15. The van der Waals surface area contributed by atoms with Crippen molar-refractivity contribution in [3.8, 4) is 17.0 Å². The van der Waals surface area contributed by atoms with Gasteiger partial charge in [0.25, 0.3) is 0 Å². The molecule has 0 saturated carbocycles. The molecule has 0 bridgehead atoms. The lowest BCUT2D eigenvalue weighted by Gasteiger charge is -2.09. The van der Waals surface area contributed by atoms with Gasteiger partial charge in [0.2, 0.25) is 0 Å². The van der Waals surface area contributed by atoms with Crippen LogP contribution in [0.3, 0.4) is 0 Å². The first kappa shape index (κ1) is 13.3. The average molecular weight is 442 g/mol. The van der Waals surface area contributed by atoms with Crippen molar-refractivity contribution in [1.29, 1.82) is 0 Å². The van der Waals surface area contributed by atoms with Gasteiger partial charge in [-0.05, 0) is 59.9 Å². The van der Waals surface area contributed by atoms with Gasteiger partial charge in [0.1, 0.15) is 4.60 Å². The van der Waals surface area contributed by atoms with Crippen molar-refractivity contribution in [1.82, 2.24) is 4.98 Å². The van der Waals surface area contributed by atoms with Gasteiger partial charge in [-0.15, -0.1) is 0 Å². The summed E-state index contributed by atoms with van der Waals surface area (Å²) in [6.45, 7) is 0. The molecule has 1 heterocycles. The molecular weight excluding hydrogens is 437 g/mol. The third kappa shape index (κ3) is 2.67. The van der Waals surface area contributed by atoms with Gasteiger partial charge < -0.3 is 5.11 Å². The standard InChI is InChI=1S/C11H5Br3ClNO/c12-7-8(13)10(17)11(14)16-9(7)5-1-3-6(15)4-2-5/h1-4,17H. The number of halogens is 4. The predicted octanol–water partition coefficient (Wildman–Crippen LogP) is 5.40. The minimum Gasteiger partial charge on any atom is -0.504 e. The summed E-state index contributed by atoms with van der Waals surface area (Å²) in [5.74, 6) is 0.0644. The molecule has 0 spiro atoms. The minimum absolute atomic E-state index is 0.0644. The van der Waals surface area contributed by atoms with Crippen LogP contribution in [0.5, 0.6) is 5.75 Å². The Hall–Kier alpha value is -0.100. The van der Waals surface area contributed by atoms with E-state index in [1.807, 2.05) is 12.1 Å². The van der Waals surface area contributed by atoms with Gasteiger partial charge in [-0.2, -0.15) is 0 Å². The van der Waals surface area contributed by atoms with E-state index in [0.29, 0.717) is 18.6 Å². The highest BCUT2D eigenvalue weighted by molar-refractivity contribution is 9.13. The van der Waals surface area contributed by atoms with Crippen molar-refractivity contribution >= 4 is 59.4 Å². The molecule has 17 heavy (non-hydrogen) atoms. The van der Waals surface area contributed by atoms with Crippen LogP contribution in [0, 0.1) is 0 Å². The second-order valence-electron chi connectivity index (χ2n) is 3.23. The third-order valence-electron chi connectivity index (χ3n) is 2.13. The molecular formula is C11H5Br3ClNO. The normalized spacial score (nSPS) is 10.6. The van der Waals surface area contributed by atoms with E-state index >= 15 is 0 Å². The van der Waals surface area contributed by atoms with E-state index in [-0.39, 0.29) is 5.75 Å². The maximum Gasteiger partial charge on any atom is 0.163 e. The number of aromatic hydroxyl groups is 1. The number of hydrogen-bond acceptors (Lipinski definition) is 2. The van der Waals surface area contributed by atoms with Crippen LogP contribution in [0.25, 0.3) is 11.3 Å². The summed E-state index contributed by atoms with van der Waals surface area (Å²) in [6.07, 6.45) is 0. The largest absolute Gasteiger partial charge is 0.504 e. The summed E-state index contributed by atoms with van der Waals surface area (Å²) in [6, 6.07) is 7.32. The van der Waals surface area contributed by atoms with E-state index in [0.717, 1.165) is 11.3 Å². The topological polar surface area (TPSA) is 33.1 Å². The summed E-state index contributed by atoms with van der Waals surface area (Å²) in [4.78, 5) is 4.28. The van der Waals surface area contributed by atoms with E-state index < -0.39 is 0 Å². The Morgan fingerprint density at radius 2 is 1.59 bits per heavy atom. The molecule has 1 aromatic carbocycles. The van der Waals surface area contributed by atoms with Crippen LogP contribution in [0.4, 0.5) is 0 Å². The number of hydrogen-bond donors (Lipinski definition) is 1. The van der Waals surface area contributed by atoms with E-state index in [4.69, 9.17) is 11.6 Å². The maximum atomic E-state index is 9.70. The van der Waals surface area contributed by atoms with Crippen LogP contribution < -0.4 is 0 Å². The Morgan fingerprint density at radius 3 is 2.18 bits per heavy atom. The number of rotatable bonds is 1. The lowest BCUT2D eigenvalue weighted by Crippen LogP contribution is -1.89. The van der Waals surface area contributed by atoms with E-state index in [2.05, 4.69) is 52.8 Å². The molecule has 2 rings (SSSR count). The number of nitrogens with zero attached hydrogens (tertiary/aromatic N) is 1. The van der Waals surface area contributed by atoms with Gasteiger partial charge in [-0.25, -0.2) is 4.98 Å². The molecule has 0 radical (unpaired) electrons. The number of aromatic nitrogens is 1. The summed E-state index contributed by atoms with van der Waals surface area (Å²) in [7, 11) is 0. The van der Waals surface area contributed by atoms with Crippen molar-refractivity contribution in [2.24, 2.45) is 0 Å². The lowest BCUT2D eigenvalue weighted by molar-refractivity contribution is 0.464. The Bertz CT molecular complexity index is 572. The highest BCUT2D eigenvalue weighted by Crippen LogP contribution is 2.41. The molecule has 1 aromatic heterocycles. The Labute approximate surface area is 128 Å². The number of pyridine rings is 1. The zero-order valence-corrected chi connectivity index (χ0v) is 13.7. The Balaban J connectivity index is 2.64. The molecule has 0 amide bonds. The van der Waals surface area contributed by atoms with Gasteiger partial charge in [-0.3, -0.25) is 0 Å². The third-order valence-corrected chi connectivity index (χ3v) is 5.01. The molecule has 0 aliphatic heterocycles. The van der Waals surface area contributed by atoms with Gasteiger partial charge >= 0.3 is 0 Å². The van der Waals surface area contributed by atoms with Crippen LogP contribution in [0.2, 0.25) is 5.02 Å². The van der Waals surface area contributed by atoms with Gasteiger partial charge in [0.05, 0.1) is 14.6 Å². The van der Waals surface area contributed by atoms with Crippen molar-refractivity contribution < 1.29 is 5.11 Å². The second-order valence-corrected chi connectivity index (χ2v) is 6.01. The molecule has 0 aliphatic carbocycles. The molecule has 6 heteroatoms. The van der Waals surface area contributed by atoms with E-state index in [1.54, 1.807) is 12.1 Å².